The monoisotopic (exact) mass is 321 g/mol. The molecular formula is C17H23NO5. The van der Waals surface area contributed by atoms with Gasteiger partial charge in [0.15, 0.2) is 11.5 Å². The summed E-state index contributed by atoms with van der Waals surface area (Å²) < 4.78 is 10.5. The number of anilines is 1. The first-order valence-electron chi connectivity index (χ1n) is 7.72. The zero-order valence-corrected chi connectivity index (χ0v) is 13.7. The van der Waals surface area contributed by atoms with Crippen LogP contribution in [0, 0.1) is 18.8 Å². The van der Waals surface area contributed by atoms with Gasteiger partial charge in [-0.1, -0.05) is 0 Å². The van der Waals surface area contributed by atoms with Crippen molar-refractivity contribution in [2.75, 3.05) is 19.5 Å². The van der Waals surface area contributed by atoms with E-state index in [0.717, 1.165) is 5.56 Å². The molecule has 6 heteroatoms. The minimum Gasteiger partial charge on any atom is -0.493 e. The van der Waals surface area contributed by atoms with Crippen molar-refractivity contribution in [2.45, 2.75) is 32.6 Å². The summed E-state index contributed by atoms with van der Waals surface area (Å²) in [6.07, 6.45) is 2.32. The van der Waals surface area contributed by atoms with E-state index in [2.05, 4.69) is 5.32 Å². The third-order valence-corrected chi connectivity index (χ3v) is 4.44. The highest BCUT2D eigenvalue weighted by molar-refractivity contribution is 5.93. The quantitative estimate of drug-likeness (QED) is 0.871. The number of aryl methyl sites for hydroxylation is 1. The van der Waals surface area contributed by atoms with Crippen LogP contribution in [0.3, 0.4) is 0 Å². The molecule has 1 amide bonds. The van der Waals surface area contributed by atoms with Gasteiger partial charge < -0.3 is 19.9 Å². The summed E-state index contributed by atoms with van der Waals surface area (Å²) in [5.41, 5.74) is 1.57. The van der Waals surface area contributed by atoms with Crippen molar-refractivity contribution < 1.29 is 24.2 Å². The second-order valence-corrected chi connectivity index (χ2v) is 5.90. The lowest BCUT2D eigenvalue weighted by molar-refractivity contribution is -0.143. The largest absolute Gasteiger partial charge is 0.493 e. The van der Waals surface area contributed by atoms with Gasteiger partial charge in [-0.05, 0) is 44.2 Å². The van der Waals surface area contributed by atoms with Gasteiger partial charge in [0.2, 0.25) is 5.91 Å². The smallest absolute Gasteiger partial charge is 0.306 e. The number of rotatable bonds is 5. The number of aliphatic carboxylic acids is 1. The Morgan fingerprint density at radius 3 is 2.09 bits per heavy atom. The van der Waals surface area contributed by atoms with E-state index in [9.17, 15) is 9.59 Å². The van der Waals surface area contributed by atoms with Gasteiger partial charge in [-0.3, -0.25) is 9.59 Å². The van der Waals surface area contributed by atoms with E-state index in [0.29, 0.717) is 42.9 Å². The van der Waals surface area contributed by atoms with Crippen LogP contribution in [-0.4, -0.2) is 31.2 Å². The second-order valence-electron chi connectivity index (χ2n) is 5.90. The van der Waals surface area contributed by atoms with Crippen LogP contribution in [-0.2, 0) is 9.59 Å². The number of ether oxygens (including phenoxy) is 2. The van der Waals surface area contributed by atoms with Crippen molar-refractivity contribution in [3.05, 3.63) is 17.7 Å². The van der Waals surface area contributed by atoms with E-state index >= 15 is 0 Å². The van der Waals surface area contributed by atoms with Crippen molar-refractivity contribution in [3.8, 4) is 11.5 Å². The maximum atomic E-state index is 12.4. The van der Waals surface area contributed by atoms with Crippen LogP contribution in [0.5, 0.6) is 11.5 Å². The molecule has 1 aliphatic rings. The molecule has 6 nitrogen and oxygen atoms in total. The molecule has 0 aliphatic heterocycles. The zero-order chi connectivity index (χ0) is 17.0. The molecule has 0 unspecified atom stereocenters. The van der Waals surface area contributed by atoms with Crippen LogP contribution in [0.4, 0.5) is 5.69 Å². The first-order valence-corrected chi connectivity index (χ1v) is 7.72. The minimum absolute atomic E-state index is 0.0656. The van der Waals surface area contributed by atoms with Crippen molar-refractivity contribution in [1.29, 1.82) is 0 Å². The first kappa shape index (κ1) is 17.1. The third-order valence-electron chi connectivity index (χ3n) is 4.44. The highest BCUT2D eigenvalue weighted by atomic mass is 16.5. The summed E-state index contributed by atoms with van der Waals surface area (Å²) in [6, 6.07) is 3.56. The van der Waals surface area contributed by atoms with E-state index in [1.807, 2.05) is 13.0 Å². The maximum absolute atomic E-state index is 12.4. The Hall–Kier alpha value is -2.24. The Balaban J connectivity index is 2.05. The predicted octanol–water partition coefficient (Wildman–Crippen LogP) is 2.84. The SMILES string of the molecule is COc1cc(C)c(NC(=O)C2CCC(C(=O)O)CC2)cc1OC. The van der Waals surface area contributed by atoms with Crippen LogP contribution in [0.25, 0.3) is 0 Å². The number of hydrogen-bond acceptors (Lipinski definition) is 4. The molecule has 0 atom stereocenters. The van der Waals surface area contributed by atoms with Gasteiger partial charge in [0.1, 0.15) is 0 Å². The summed E-state index contributed by atoms with van der Waals surface area (Å²) in [6.45, 7) is 1.89. The van der Waals surface area contributed by atoms with Crippen molar-refractivity contribution in [1.82, 2.24) is 0 Å². The summed E-state index contributed by atoms with van der Waals surface area (Å²) in [5.74, 6) is -0.114. The fourth-order valence-corrected chi connectivity index (χ4v) is 2.95. The van der Waals surface area contributed by atoms with Gasteiger partial charge in [0.25, 0.3) is 0 Å². The highest BCUT2D eigenvalue weighted by Gasteiger charge is 2.30. The summed E-state index contributed by atoms with van der Waals surface area (Å²) in [4.78, 5) is 23.4. The van der Waals surface area contributed by atoms with E-state index < -0.39 is 5.97 Å². The van der Waals surface area contributed by atoms with E-state index in [1.165, 1.54) is 0 Å². The van der Waals surface area contributed by atoms with Crippen LogP contribution in [0.1, 0.15) is 31.2 Å². The van der Waals surface area contributed by atoms with Crippen molar-refractivity contribution in [3.63, 3.8) is 0 Å². The number of benzene rings is 1. The molecule has 1 fully saturated rings. The average Bonchev–Trinajstić information content (AvgIpc) is 2.56. The molecular weight excluding hydrogens is 298 g/mol. The summed E-state index contributed by atoms with van der Waals surface area (Å²) in [7, 11) is 3.11. The van der Waals surface area contributed by atoms with Crippen LogP contribution in [0.2, 0.25) is 0 Å². The second kappa shape index (κ2) is 7.35. The number of carbonyl (C=O) groups excluding carboxylic acids is 1. The molecule has 0 bridgehead atoms. The zero-order valence-electron chi connectivity index (χ0n) is 13.7. The number of carboxylic acid groups (broad SMARTS) is 1. The predicted molar refractivity (Wildman–Crippen MR) is 86.0 cm³/mol. The normalized spacial score (nSPS) is 20.7. The van der Waals surface area contributed by atoms with E-state index in [4.69, 9.17) is 14.6 Å². The lowest BCUT2D eigenvalue weighted by Crippen LogP contribution is -2.29. The standard InChI is InChI=1S/C17H23NO5/c1-10-8-14(22-2)15(23-3)9-13(10)18-16(19)11-4-6-12(7-5-11)17(20)21/h8-9,11-12H,4-7H2,1-3H3,(H,18,19)(H,20,21). The van der Waals surface area contributed by atoms with Gasteiger partial charge in [-0.15, -0.1) is 0 Å². The van der Waals surface area contributed by atoms with Crippen LogP contribution in [0.15, 0.2) is 12.1 Å². The maximum Gasteiger partial charge on any atom is 0.306 e. The molecule has 0 heterocycles. The van der Waals surface area contributed by atoms with Crippen molar-refractivity contribution in [2.24, 2.45) is 11.8 Å². The Labute approximate surface area is 135 Å². The van der Waals surface area contributed by atoms with Crippen molar-refractivity contribution >= 4 is 17.6 Å². The van der Waals surface area contributed by atoms with Crippen LogP contribution < -0.4 is 14.8 Å². The highest BCUT2D eigenvalue weighted by Crippen LogP contribution is 2.34. The van der Waals surface area contributed by atoms with Gasteiger partial charge in [0.05, 0.1) is 20.1 Å². The topological polar surface area (TPSA) is 84.9 Å². The van der Waals surface area contributed by atoms with E-state index in [-0.39, 0.29) is 17.7 Å². The fraction of sp³-hybridized carbons (Fsp3) is 0.529. The van der Waals surface area contributed by atoms with Gasteiger partial charge in [-0.2, -0.15) is 0 Å². The molecule has 1 aliphatic carbocycles. The molecule has 0 radical (unpaired) electrons. The first-order chi connectivity index (χ1) is 11.0. The molecule has 0 aromatic heterocycles. The number of carboxylic acids is 1. The summed E-state index contributed by atoms with van der Waals surface area (Å²) in [5, 5.41) is 11.9. The van der Waals surface area contributed by atoms with Gasteiger partial charge in [0, 0.05) is 17.7 Å². The number of hydrogen-bond donors (Lipinski definition) is 2. The minimum atomic E-state index is -0.764. The Morgan fingerprint density at radius 1 is 1.04 bits per heavy atom. The van der Waals surface area contributed by atoms with Gasteiger partial charge in [-0.25, -0.2) is 0 Å². The molecule has 1 aromatic carbocycles. The molecule has 0 saturated heterocycles. The van der Waals surface area contributed by atoms with E-state index in [1.54, 1.807) is 20.3 Å². The number of carbonyl (C=O) groups is 2. The summed E-state index contributed by atoms with van der Waals surface area (Å²) >= 11 is 0. The Morgan fingerprint density at radius 2 is 1.57 bits per heavy atom. The number of amides is 1. The lowest BCUT2D eigenvalue weighted by Gasteiger charge is -2.25. The molecule has 1 aromatic rings. The van der Waals surface area contributed by atoms with Gasteiger partial charge >= 0.3 is 5.97 Å². The Kier molecular flexibility index (Phi) is 5.47. The molecule has 1 saturated carbocycles. The molecule has 2 N–H and O–H groups in total. The molecule has 23 heavy (non-hydrogen) atoms. The average molecular weight is 321 g/mol. The van der Waals surface area contributed by atoms with Crippen LogP contribution >= 0.6 is 0 Å². The number of methoxy groups -OCH3 is 2. The number of nitrogens with one attached hydrogen (secondary N) is 1. The lowest BCUT2D eigenvalue weighted by atomic mass is 9.81. The fourth-order valence-electron chi connectivity index (χ4n) is 2.95. The third kappa shape index (κ3) is 3.94. The molecule has 0 spiro atoms. The molecule has 2 rings (SSSR count). The Bertz CT molecular complexity index is 591. The molecule has 126 valence electrons.